The fraction of sp³-hybridized carbons (Fsp3) is 0.389. The minimum absolute atomic E-state index is 0.427. The maximum absolute atomic E-state index is 12.2. The number of carbonyl (C=O) groups is 1. The molecule has 0 saturated heterocycles. The van der Waals surface area contributed by atoms with Crippen molar-refractivity contribution in [2.75, 3.05) is 16.7 Å². The lowest BCUT2D eigenvalue weighted by atomic mass is 10.2. The summed E-state index contributed by atoms with van der Waals surface area (Å²) in [5.41, 5.74) is 2.15. The minimum atomic E-state index is -0.543. The largest absolute Gasteiger partial charge is 0.443 e. The van der Waals surface area contributed by atoms with Crippen LogP contribution in [0.5, 0.6) is 0 Å². The third kappa shape index (κ3) is 5.35. The second-order valence-electron chi connectivity index (χ2n) is 6.69. The molecule has 0 unspecified atom stereocenters. The van der Waals surface area contributed by atoms with E-state index < -0.39 is 11.7 Å². The van der Waals surface area contributed by atoms with Crippen molar-refractivity contribution in [1.82, 2.24) is 9.97 Å². The van der Waals surface area contributed by atoms with Gasteiger partial charge in [-0.05, 0) is 70.3 Å². The summed E-state index contributed by atoms with van der Waals surface area (Å²) in [7, 11) is 1.66. The van der Waals surface area contributed by atoms with Crippen LogP contribution in [0.2, 0.25) is 0 Å². The lowest BCUT2D eigenvalue weighted by molar-refractivity contribution is 0.0588. The van der Waals surface area contributed by atoms with Crippen molar-refractivity contribution >= 4 is 29.5 Å². The highest BCUT2D eigenvalue weighted by Gasteiger charge is 2.22. The first kappa shape index (κ1) is 19.1. The van der Waals surface area contributed by atoms with E-state index in [1.165, 1.54) is 16.8 Å². The van der Waals surface area contributed by atoms with Gasteiger partial charge < -0.3 is 9.46 Å². The molecule has 1 amide bonds. The van der Waals surface area contributed by atoms with E-state index in [1.807, 2.05) is 52.8 Å². The Balaban J connectivity index is 2.07. The summed E-state index contributed by atoms with van der Waals surface area (Å²) >= 11 is 1.48. The van der Waals surface area contributed by atoms with Gasteiger partial charge in [0.05, 0.1) is 17.6 Å². The van der Waals surface area contributed by atoms with E-state index in [0.29, 0.717) is 5.82 Å². The number of pyridine rings is 2. The quantitative estimate of drug-likeness (QED) is 0.805. The van der Waals surface area contributed by atoms with Gasteiger partial charge >= 0.3 is 6.09 Å². The molecule has 6 nitrogen and oxygen atoms in total. The summed E-state index contributed by atoms with van der Waals surface area (Å²) in [6.07, 6.45) is 3.04. The van der Waals surface area contributed by atoms with Gasteiger partial charge in [-0.15, -0.1) is 0 Å². The van der Waals surface area contributed by atoms with E-state index in [0.717, 1.165) is 21.8 Å². The number of anilines is 2. The molecule has 134 valence electrons. The van der Waals surface area contributed by atoms with Gasteiger partial charge in [0.25, 0.3) is 0 Å². The van der Waals surface area contributed by atoms with Gasteiger partial charge in [0.15, 0.2) is 0 Å². The minimum Gasteiger partial charge on any atom is -0.443 e. The van der Waals surface area contributed by atoms with Crippen molar-refractivity contribution in [3.05, 3.63) is 41.9 Å². The van der Waals surface area contributed by atoms with E-state index in [9.17, 15) is 4.79 Å². The zero-order valence-electron chi connectivity index (χ0n) is 15.5. The van der Waals surface area contributed by atoms with Crippen molar-refractivity contribution in [3.63, 3.8) is 0 Å². The number of hydrogen-bond acceptors (Lipinski definition) is 6. The number of rotatable bonds is 4. The van der Waals surface area contributed by atoms with E-state index in [2.05, 4.69) is 14.7 Å². The zero-order valence-corrected chi connectivity index (χ0v) is 16.3. The fourth-order valence-electron chi connectivity index (χ4n) is 2.08. The number of nitrogens with zero attached hydrogens (tertiary/aromatic N) is 3. The molecule has 2 aromatic heterocycles. The third-order valence-corrected chi connectivity index (χ3v) is 4.26. The molecule has 0 aliphatic heterocycles. The normalized spacial score (nSPS) is 11.1. The van der Waals surface area contributed by atoms with Crippen LogP contribution in [-0.2, 0) is 4.74 Å². The van der Waals surface area contributed by atoms with Crippen molar-refractivity contribution in [1.29, 1.82) is 0 Å². The number of ether oxygens (including phenoxy) is 1. The maximum Gasteiger partial charge on any atom is 0.415 e. The Kier molecular flexibility index (Phi) is 5.89. The van der Waals surface area contributed by atoms with Crippen LogP contribution in [0.25, 0.3) is 0 Å². The molecule has 25 heavy (non-hydrogen) atoms. The summed E-state index contributed by atoms with van der Waals surface area (Å²) in [4.78, 5) is 23.3. The number of nitrogens with one attached hydrogen (secondary N) is 1. The van der Waals surface area contributed by atoms with Crippen molar-refractivity contribution in [2.45, 2.75) is 45.1 Å². The molecule has 2 rings (SSSR count). The molecule has 0 saturated carbocycles. The van der Waals surface area contributed by atoms with Gasteiger partial charge in [-0.25, -0.2) is 9.78 Å². The summed E-state index contributed by atoms with van der Waals surface area (Å²) in [6.45, 7) is 9.39. The molecule has 0 atom stereocenters. The fourth-order valence-corrected chi connectivity index (χ4v) is 2.77. The topological polar surface area (TPSA) is 67.4 Å². The lowest BCUT2D eigenvalue weighted by Crippen LogP contribution is -2.35. The number of carbonyl (C=O) groups excluding carboxylic acids is 1. The molecule has 2 aromatic rings. The molecular weight excluding hydrogens is 336 g/mol. The van der Waals surface area contributed by atoms with Gasteiger partial charge in [0.1, 0.15) is 11.4 Å². The Morgan fingerprint density at radius 2 is 2.00 bits per heavy atom. The first-order valence-corrected chi connectivity index (χ1v) is 8.77. The standard InChI is InChI=1S/C18H24N4O2S/c1-12-10-14(21-25-15-8-7-9-19-13(15)2)11-20-16(12)22(6)17(23)24-18(3,4)5/h7-11,21H,1-6H3. The predicted octanol–water partition coefficient (Wildman–Crippen LogP) is 4.58. The maximum atomic E-state index is 12.2. The highest BCUT2D eigenvalue weighted by atomic mass is 32.2. The number of hydrogen-bond donors (Lipinski definition) is 1. The van der Waals surface area contributed by atoms with Crippen LogP contribution in [0.4, 0.5) is 16.3 Å². The van der Waals surface area contributed by atoms with Gasteiger partial charge in [0, 0.05) is 18.1 Å². The first-order valence-electron chi connectivity index (χ1n) is 7.95. The average molecular weight is 360 g/mol. The Morgan fingerprint density at radius 1 is 1.28 bits per heavy atom. The third-order valence-electron chi connectivity index (χ3n) is 3.27. The predicted molar refractivity (Wildman–Crippen MR) is 102 cm³/mol. The smallest absolute Gasteiger partial charge is 0.415 e. The zero-order chi connectivity index (χ0) is 18.6. The van der Waals surface area contributed by atoms with Crippen LogP contribution < -0.4 is 9.62 Å². The Morgan fingerprint density at radius 3 is 2.60 bits per heavy atom. The molecule has 0 aromatic carbocycles. The van der Waals surface area contributed by atoms with Crippen molar-refractivity contribution in [3.8, 4) is 0 Å². The molecule has 1 N–H and O–H groups in total. The number of aromatic nitrogens is 2. The molecule has 7 heteroatoms. The summed E-state index contributed by atoms with van der Waals surface area (Å²) in [5.74, 6) is 0.572. The second kappa shape index (κ2) is 7.74. The lowest BCUT2D eigenvalue weighted by Gasteiger charge is -2.25. The molecule has 0 aliphatic carbocycles. The SMILES string of the molecule is Cc1cc(NSc2cccnc2C)cnc1N(C)C(=O)OC(C)(C)C. The van der Waals surface area contributed by atoms with Crippen LogP contribution in [-0.4, -0.2) is 28.7 Å². The molecule has 0 bridgehead atoms. The molecule has 2 heterocycles. The Labute approximate surface area is 153 Å². The van der Waals surface area contributed by atoms with Gasteiger partial charge in [-0.2, -0.15) is 0 Å². The second-order valence-corrected chi connectivity index (χ2v) is 7.54. The molecule has 0 fully saturated rings. The van der Waals surface area contributed by atoms with Gasteiger partial charge in [0.2, 0.25) is 0 Å². The van der Waals surface area contributed by atoms with E-state index in [-0.39, 0.29) is 0 Å². The average Bonchev–Trinajstić information content (AvgIpc) is 2.52. The van der Waals surface area contributed by atoms with Crippen molar-refractivity contribution < 1.29 is 9.53 Å². The molecule has 0 spiro atoms. The van der Waals surface area contributed by atoms with E-state index in [1.54, 1.807) is 19.4 Å². The highest BCUT2D eigenvalue weighted by molar-refractivity contribution is 8.00. The number of amides is 1. The summed E-state index contributed by atoms with van der Waals surface area (Å²) in [6, 6.07) is 5.85. The molecule has 0 aliphatic rings. The van der Waals surface area contributed by atoms with E-state index in [4.69, 9.17) is 4.74 Å². The molecule has 0 radical (unpaired) electrons. The number of aryl methyl sites for hydroxylation is 2. The van der Waals surface area contributed by atoms with Crippen molar-refractivity contribution in [2.24, 2.45) is 0 Å². The highest BCUT2D eigenvalue weighted by Crippen LogP contribution is 2.26. The van der Waals surface area contributed by atoms with Crippen LogP contribution >= 0.6 is 11.9 Å². The van der Waals surface area contributed by atoms with Gasteiger partial charge in [-0.1, -0.05) is 0 Å². The van der Waals surface area contributed by atoms with E-state index >= 15 is 0 Å². The molecular formula is C18H24N4O2S. The Bertz CT molecular complexity index is 759. The van der Waals surface area contributed by atoms with Crippen LogP contribution in [0.3, 0.4) is 0 Å². The monoisotopic (exact) mass is 360 g/mol. The summed E-state index contributed by atoms with van der Waals surface area (Å²) in [5, 5.41) is 0. The Hall–Kier alpha value is -2.28. The van der Waals surface area contributed by atoms with Crippen LogP contribution in [0.1, 0.15) is 32.0 Å². The van der Waals surface area contributed by atoms with Crippen LogP contribution in [0.15, 0.2) is 35.5 Å². The van der Waals surface area contributed by atoms with Gasteiger partial charge in [-0.3, -0.25) is 9.88 Å². The van der Waals surface area contributed by atoms with Crippen LogP contribution in [0, 0.1) is 13.8 Å². The summed E-state index contributed by atoms with van der Waals surface area (Å²) < 4.78 is 8.63. The first-order chi connectivity index (χ1) is 11.7.